The Morgan fingerprint density at radius 2 is 1.74 bits per heavy atom. The number of carbonyl (C=O) groups is 1. The van der Waals surface area contributed by atoms with Gasteiger partial charge in [-0.3, -0.25) is 4.79 Å². The maximum Gasteiger partial charge on any atom is 0.313 e. The normalized spacial score (nSPS) is 19.3. The molecule has 5 nitrogen and oxygen atoms in total. The predicted octanol–water partition coefficient (Wildman–Crippen LogP) is 6.94. The lowest BCUT2D eigenvalue weighted by Crippen LogP contribution is -2.19. The highest BCUT2D eigenvalue weighted by Crippen LogP contribution is 2.59. The lowest BCUT2D eigenvalue weighted by atomic mass is 9.91. The zero-order valence-electron chi connectivity index (χ0n) is 22.3. The molecule has 0 heterocycles. The van der Waals surface area contributed by atoms with E-state index in [0.717, 1.165) is 29.0 Å². The number of carbonyl (C=O) groups excluding carboxylic acids is 1. The van der Waals surface area contributed by atoms with Crippen molar-refractivity contribution in [3.8, 4) is 11.5 Å². The lowest BCUT2D eigenvalue weighted by molar-refractivity contribution is -0.144. The summed E-state index contributed by atoms with van der Waals surface area (Å²) < 4.78 is 11.6. The fourth-order valence-electron chi connectivity index (χ4n) is 5.46. The molecule has 1 aliphatic carbocycles. The molecular weight excluding hydrogens is 438 g/mol. The molecule has 1 saturated carbocycles. The summed E-state index contributed by atoms with van der Waals surface area (Å²) in [5.41, 5.74) is 3.03. The van der Waals surface area contributed by atoms with Gasteiger partial charge in [0.25, 0.3) is 0 Å². The summed E-state index contributed by atoms with van der Waals surface area (Å²) in [5, 5.41) is 13.5. The van der Waals surface area contributed by atoms with E-state index < -0.39 is 5.92 Å². The second-order valence-electron chi connectivity index (χ2n) is 10.3. The molecule has 5 heteroatoms. The maximum absolute atomic E-state index is 13.0. The Morgan fingerprint density at radius 3 is 2.34 bits per heavy atom. The van der Waals surface area contributed by atoms with Gasteiger partial charge in [0.15, 0.2) is 0 Å². The molecule has 0 bridgehead atoms. The maximum atomic E-state index is 13.0. The topological polar surface area (TPSA) is 67.8 Å². The third-order valence-electron chi connectivity index (χ3n) is 7.59. The van der Waals surface area contributed by atoms with E-state index in [1.165, 1.54) is 12.8 Å². The first-order valence-corrected chi connectivity index (χ1v) is 13.2. The molecule has 0 spiro atoms. The van der Waals surface area contributed by atoms with Crippen molar-refractivity contribution in [2.24, 2.45) is 17.3 Å². The number of ether oxygens (including phenoxy) is 2. The summed E-state index contributed by atoms with van der Waals surface area (Å²) in [5.74, 6) is 1.65. The molecule has 3 rings (SSSR count). The Bertz CT molecular complexity index is 965. The summed E-state index contributed by atoms with van der Waals surface area (Å²) in [6.45, 7) is 14.2. The van der Waals surface area contributed by atoms with Crippen LogP contribution < -0.4 is 10.1 Å². The highest BCUT2D eigenvalue weighted by atomic mass is 16.5. The molecule has 0 aromatic heterocycles. The van der Waals surface area contributed by atoms with Crippen molar-refractivity contribution in [3.05, 3.63) is 53.6 Å². The smallest absolute Gasteiger partial charge is 0.313 e. The molecule has 2 aromatic carbocycles. The lowest BCUT2D eigenvalue weighted by Gasteiger charge is -2.20. The van der Waals surface area contributed by atoms with E-state index in [1.807, 2.05) is 31.2 Å². The van der Waals surface area contributed by atoms with E-state index >= 15 is 0 Å². The molecule has 1 aliphatic rings. The van der Waals surface area contributed by atoms with Crippen molar-refractivity contribution in [3.63, 3.8) is 0 Å². The van der Waals surface area contributed by atoms with E-state index in [-0.39, 0.29) is 17.1 Å². The SMILES string of the molecule is CCCOc1ccc(C(Cc2ccc(O)cc2)C(=O)OCC)cc1NC1C(C(CC)CC)C1(C)C. The number of anilines is 1. The second kappa shape index (κ2) is 11.8. The van der Waals surface area contributed by atoms with Crippen LogP contribution in [0.2, 0.25) is 0 Å². The summed E-state index contributed by atoms with van der Waals surface area (Å²) in [6.07, 6.45) is 3.79. The molecule has 0 radical (unpaired) electrons. The minimum atomic E-state index is -0.442. The van der Waals surface area contributed by atoms with Gasteiger partial charge in [-0.2, -0.15) is 0 Å². The zero-order chi connectivity index (χ0) is 25.6. The summed E-state index contributed by atoms with van der Waals surface area (Å²) in [7, 11) is 0. The van der Waals surface area contributed by atoms with E-state index in [0.29, 0.717) is 37.5 Å². The van der Waals surface area contributed by atoms with Crippen molar-refractivity contribution in [1.29, 1.82) is 0 Å². The fraction of sp³-hybridized carbons (Fsp3) is 0.567. The van der Waals surface area contributed by atoms with Crippen LogP contribution in [-0.2, 0) is 16.0 Å². The van der Waals surface area contributed by atoms with Gasteiger partial charge in [0.1, 0.15) is 11.5 Å². The van der Waals surface area contributed by atoms with Gasteiger partial charge >= 0.3 is 5.97 Å². The number of rotatable bonds is 13. The van der Waals surface area contributed by atoms with E-state index in [2.05, 4.69) is 46.0 Å². The fourth-order valence-corrected chi connectivity index (χ4v) is 5.46. The Morgan fingerprint density at radius 1 is 1.06 bits per heavy atom. The van der Waals surface area contributed by atoms with Crippen LogP contribution in [0.4, 0.5) is 5.69 Å². The van der Waals surface area contributed by atoms with Gasteiger partial charge in [0.05, 0.1) is 24.8 Å². The molecule has 3 atom stereocenters. The number of hydrogen-bond donors (Lipinski definition) is 2. The van der Waals surface area contributed by atoms with Gasteiger partial charge in [-0.1, -0.05) is 65.7 Å². The van der Waals surface area contributed by atoms with Gasteiger partial charge in [-0.15, -0.1) is 0 Å². The number of benzene rings is 2. The number of phenols is 1. The first kappa shape index (κ1) is 26.9. The summed E-state index contributed by atoms with van der Waals surface area (Å²) >= 11 is 0. The monoisotopic (exact) mass is 481 g/mol. The van der Waals surface area contributed by atoms with Gasteiger partial charge in [0, 0.05) is 6.04 Å². The molecular formula is C30H43NO4. The zero-order valence-corrected chi connectivity index (χ0v) is 22.3. The van der Waals surface area contributed by atoms with Crippen molar-refractivity contribution in [2.75, 3.05) is 18.5 Å². The molecule has 2 N–H and O–H groups in total. The minimum absolute atomic E-state index is 0.210. The molecule has 0 saturated heterocycles. The summed E-state index contributed by atoms with van der Waals surface area (Å²) in [4.78, 5) is 13.0. The van der Waals surface area contributed by atoms with E-state index in [9.17, 15) is 9.90 Å². The highest BCUT2D eigenvalue weighted by molar-refractivity contribution is 5.79. The van der Waals surface area contributed by atoms with Crippen molar-refractivity contribution >= 4 is 11.7 Å². The standard InChI is InChI=1S/C30H43NO4/c1-7-17-35-26-16-13-22(19-25(26)31-28-27(30(28,5)6)21(8-2)9-3)24(29(33)34-10-4)18-20-11-14-23(32)15-12-20/h11-16,19,21,24,27-28,31-32H,7-10,17-18H2,1-6H3. The van der Waals surface area contributed by atoms with Crippen molar-refractivity contribution < 1.29 is 19.4 Å². The van der Waals surface area contributed by atoms with Gasteiger partial charge in [0.2, 0.25) is 0 Å². The summed E-state index contributed by atoms with van der Waals surface area (Å²) in [6, 6.07) is 13.4. The quantitative estimate of drug-likeness (QED) is 0.303. The Kier molecular flexibility index (Phi) is 9.09. The van der Waals surface area contributed by atoms with Gasteiger partial charge < -0.3 is 19.9 Å². The van der Waals surface area contributed by atoms with Crippen LogP contribution in [0.15, 0.2) is 42.5 Å². The Hall–Kier alpha value is -2.69. The number of phenolic OH excluding ortho intramolecular Hbond substituents is 1. The molecule has 192 valence electrons. The minimum Gasteiger partial charge on any atom is -0.508 e. The number of hydrogen-bond acceptors (Lipinski definition) is 5. The highest BCUT2D eigenvalue weighted by Gasteiger charge is 2.60. The molecule has 0 aliphatic heterocycles. The Balaban J connectivity index is 1.93. The Labute approximate surface area is 211 Å². The average molecular weight is 482 g/mol. The van der Waals surface area contributed by atoms with Crippen LogP contribution in [0.1, 0.15) is 77.8 Å². The van der Waals surface area contributed by atoms with Gasteiger partial charge in [-0.25, -0.2) is 0 Å². The first-order valence-electron chi connectivity index (χ1n) is 13.2. The second-order valence-corrected chi connectivity index (χ2v) is 10.3. The van der Waals surface area contributed by atoms with Gasteiger partial charge in [-0.05, 0) is 72.4 Å². The van der Waals surface area contributed by atoms with Crippen LogP contribution in [0.3, 0.4) is 0 Å². The molecule has 2 aromatic rings. The van der Waals surface area contributed by atoms with E-state index in [1.54, 1.807) is 12.1 Å². The predicted molar refractivity (Wildman–Crippen MR) is 142 cm³/mol. The third-order valence-corrected chi connectivity index (χ3v) is 7.59. The van der Waals surface area contributed by atoms with Crippen molar-refractivity contribution in [1.82, 2.24) is 0 Å². The van der Waals surface area contributed by atoms with Crippen LogP contribution in [0.25, 0.3) is 0 Å². The first-order chi connectivity index (χ1) is 16.8. The number of nitrogens with one attached hydrogen (secondary N) is 1. The third kappa shape index (κ3) is 6.31. The van der Waals surface area contributed by atoms with Crippen LogP contribution in [-0.4, -0.2) is 30.3 Å². The average Bonchev–Trinajstić information content (AvgIpc) is 3.37. The molecule has 3 unspecified atom stereocenters. The molecule has 35 heavy (non-hydrogen) atoms. The van der Waals surface area contributed by atoms with E-state index in [4.69, 9.17) is 9.47 Å². The molecule has 1 fully saturated rings. The van der Waals surface area contributed by atoms with Crippen LogP contribution in [0.5, 0.6) is 11.5 Å². The number of aromatic hydroxyl groups is 1. The van der Waals surface area contributed by atoms with Crippen LogP contribution in [0, 0.1) is 17.3 Å². The van der Waals surface area contributed by atoms with Crippen LogP contribution >= 0.6 is 0 Å². The largest absolute Gasteiger partial charge is 0.508 e. The molecule has 0 amide bonds. The number of esters is 1. The van der Waals surface area contributed by atoms with Crippen molar-refractivity contribution in [2.45, 2.75) is 79.2 Å².